The molecule has 0 aromatic heterocycles. The molecule has 14 nitrogen and oxygen atoms in total. The molecule has 0 radical (unpaired) electrons. The summed E-state index contributed by atoms with van der Waals surface area (Å²) in [6, 6.07) is 0. The summed E-state index contributed by atoms with van der Waals surface area (Å²) in [5.41, 5.74) is -6.53. The summed E-state index contributed by atoms with van der Waals surface area (Å²) in [7, 11) is 0. The third-order valence-corrected chi connectivity index (χ3v) is 9.66. The summed E-state index contributed by atoms with van der Waals surface area (Å²) >= 11 is 6.71. The van der Waals surface area contributed by atoms with Crippen LogP contribution in [-0.4, -0.2) is 106 Å². The van der Waals surface area contributed by atoms with E-state index < -0.39 is 108 Å². The third-order valence-electron chi connectivity index (χ3n) is 9.22. The van der Waals surface area contributed by atoms with E-state index in [2.05, 4.69) is 0 Å². The van der Waals surface area contributed by atoms with Crippen molar-refractivity contribution in [2.24, 2.45) is 17.3 Å². The molecule has 2 saturated heterocycles. The average Bonchev–Trinajstić information content (AvgIpc) is 3.61. The van der Waals surface area contributed by atoms with Crippen molar-refractivity contribution in [2.75, 3.05) is 6.61 Å². The molecule has 0 bridgehead atoms. The van der Waals surface area contributed by atoms with Gasteiger partial charge in [0.25, 0.3) is 0 Å². The maximum atomic E-state index is 13.1. The second-order valence-electron chi connectivity index (χ2n) is 12.0. The van der Waals surface area contributed by atoms with Crippen molar-refractivity contribution in [1.29, 1.82) is 0 Å². The van der Waals surface area contributed by atoms with E-state index in [0.29, 0.717) is 0 Å². The lowest BCUT2D eigenvalue weighted by Crippen LogP contribution is -2.75. The summed E-state index contributed by atoms with van der Waals surface area (Å²) in [5.74, 6) is -7.34. The number of ether oxygens (including phenoxy) is 6. The Hall–Kier alpha value is -2.78. The van der Waals surface area contributed by atoms with Gasteiger partial charge in [0.2, 0.25) is 0 Å². The molecule has 0 aromatic carbocycles. The van der Waals surface area contributed by atoms with Crippen LogP contribution in [0.2, 0.25) is 0 Å². The Labute approximate surface area is 252 Å². The van der Waals surface area contributed by atoms with Crippen LogP contribution in [0.4, 0.5) is 0 Å². The van der Waals surface area contributed by atoms with Gasteiger partial charge in [-0.15, -0.1) is 0 Å². The maximum absolute atomic E-state index is 13.1. The van der Waals surface area contributed by atoms with Crippen molar-refractivity contribution in [1.82, 2.24) is 0 Å². The Morgan fingerprint density at radius 2 is 1.42 bits per heavy atom. The molecule has 4 rings (SSSR count). The number of aliphatic hydroxyl groups excluding tert-OH is 1. The number of carbonyl (C=O) groups is 5. The minimum Gasteiger partial charge on any atom is -0.462 e. The van der Waals surface area contributed by atoms with E-state index >= 15 is 0 Å². The van der Waals surface area contributed by atoms with Gasteiger partial charge in [-0.2, -0.15) is 0 Å². The molecule has 2 aliphatic carbocycles. The number of rotatable bonds is 5. The fourth-order valence-electron chi connectivity index (χ4n) is 7.27. The van der Waals surface area contributed by atoms with E-state index in [4.69, 9.17) is 40.0 Å². The van der Waals surface area contributed by atoms with E-state index in [1.54, 1.807) is 0 Å². The van der Waals surface area contributed by atoms with Crippen LogP contribution in [-0.2, 0) is 52.4 Å². The average molecular weight is 633 g/mol. The van der Waals surface area contributed by atoms with Crippen LogP contribution >= 0.6 is 11.6 Å². The zero-order valence-electron chi connectivity index (χ0n) is 24.8. The molecule has 3 N–H and O–H groups in total. The Balaban J connectivity index is 2.14. The smallest absolute Gasteiger partial charge is 0.312 e. The van der Waals surface area contributed by atoms with Crippen molar-refractivity contribution in [2.45, 2.75) is 109 Å². The lowest BCUT2D eigenvalue weighted by atomic mass is 9.51. The first-order valence-corrected chi connectivity index (χ1v) is 14.2. The van der Waals surface area contributed by atoms with Gasteiger partial charge in [-0.1, -0.05) is 18.5 Å². The molecule has 0 amide bonds. The topological polar surface area (TPSA) is 205 Å². The molecule has 0 unspecified atom stereocenters. The van der Waals surface area contributed by atoms with Gasteiger partial charge in [0.05, 0.1) is 23.0 Å². The molecule has 0 spiro atoms. The molecular formula is C28H37ClO14. The number of esters is 5. The standard InChI is InChI=1S/C28H37ClO14/c1-10-25(35)43-22-18(29)15(9-30)19-20(42-19)23(40-13(4)33)26(6)16(38-11(2)31)8-17(39-12(3)32)27(7,36)21(26)24(28(10,22)37)41-14(5)34/h10,16-17,19-24,30,36-37H,8-9H2,1-7H3/b18-15+/t10-,16-,17+,19+,20+,21+,22-,23-,24+,26-,27+,28-/m0/s1. The summed E-state index contributed by atoms with van der Waals surface area (Å²) in [6.45, 7) is 7.70. The van der Waals surface area contributed by atoms with Crippen molar-refractivity contribution in [3.8, 4) is 0 Å². The Morgan fingerprint density at radius 1 is 0.907 bits per heavy atom. The number of aliphatic hydroxyl groups is 3. The maximum Gasteiger partial charge on any atom is 0.312 e. The van der Waals surface area contributed by atoms with E-state index in [-0.39, 0.29) is 17.0 Å². The van der Waals surface area contributed by atoms with Crippen molar-refractivity contribution in [3.05, 3.63) is 10.6 Å². The number of carbonyl (C=O) groups excluding carboxylic acids is 5. The fourth-order valence-corrected chi connectivity index (χ4v) is 7.66. The zero-order valence-corrected chi connectivity index (χ0v) is 25.6. The van der Waals surface area contributed by atoms with E-state index in [0.717, 1.165) is 27.7 Å². The van der Waals surface area contributed by atoms with E-state index in [1.807, 2.05) is 0 Å². The summed E-state index contributed by atoms with van der Waals surface area (Å²) in [6.07, 6.45) is -10.1. The van der Waals surface area contributed by atoms with Crippen LogP contribution in [0, 0.1) is 17.3 Å². The Morgan fingerprint density at radius 3 is 1.93 bits per heavy atom. The third kappa shape index (κ3) is 5.30. The summed E-state index contributed by atoms with van der Waals surface area (Å²) in [5, 5.41) is 34.9. The van der Waals surface area contributed by atoms with Crippen LogP contribution in [0.25, 0.3) is 0 Å². The van der Waals surface area contributed by atoms with Crippen LogP contribution in [0.15, 0.2) is 10.6 Å². The fraction of sp³-hybridized carbons (Fsp3) is 0.750. The summed E-state index contributed by atoms with van der Waals surface area (Å²) < 4.78 is 34.2. The number of hydrogen-bond donors (Lipinski definition) is 3. The quantitative estimate of drug-likeness (QED) is 0.208. The van der Waals surface area contributed by atoms with Gasteiger partial charge in [0, 0.05) is 45.6 Å². The molecule has 0 aromatic rings. The first-order valence-electron chi connectivity index (χ1n) is 13.8. The van der Waals surface area contributed by atoms with Crippen molar-refractivity contribution < 1.29 is 67.7 Å². The van der Waals surface area contributed by atoms with Gasteiger partial charge in [-0.25, -0.2) is 0 Å². The Kier molecular flexibility index (Phi) is 8.70. The van der Waals surface area contributed by atoms with Crippen LogP contribution in [0.5, 0.6) is 0 Å². The highest BCUT2D eigenvalue weighted by molar-refractivity contribution is 6.31. The lowest BCUT2D eigenvalue weighted by molar-refractivity contribution is -0.291. The highest BCUT2D eigenvalue weighted by Gasteiger charge is 2.76. The van der Waals surface area contributed by atoms with Gasteiger partial charge >= 0.3 is 29.8 Å². The van der Waals surface area contributed by atoms with E-state index in [1.165, 1.54) is 20.8 Å². The van der Waals surface area contributed by atoms with Gasteiger partial charge < -0.3 is 43.7 Å². The van der Waals surface area contributed by atoms with Crippen LogP contribution < -0.4 is 0 Å². The molecule has 43 heavy (non-hydrogen) atoms. The molecule has 3 fully saturated rings. The van der Waals surface area contributed by atoms with Gasteiger partial charge in [-0.05, 0) is 13.8 Å². The first-order chi connectivity index (χ1) is 19.8. The number of hydrogen-bond acceptors (Lipinski definition) is 14. The Bertz CT molecular complexity index is 1250. The minimum absolute atomic E-state index is 0.00200. The second-order valence-corrected chi connectivity index (χ2v) is 12.4. The predicted octanol–water partition coefficient (Wildman–Crippen LogP) is 0.0492. The highest BCUT2D eigenvalue weighted by Crippen LogP contribution is 2.61. The van der Waals surface area contributed by atoms with Crippen molar-refractivity contribution in [3.63, 3.8) is 0 Å². The molecule has 15 heteroatoms. The zero-order chi connectivity index (χ0) is 32.4. The van der Waals surface area contributed by atoms with Crippen molar-refractivity contribution >= 4 is 41.4 Å². The molecule has 2 aliphatic heterocycles. The number of fused-ring (bicyclic) bond motifs is 3. The van der Waals surface area contributed by atoms with Gasteiger partial charge in [-0.3, -0.25) is 24.0 Å². The van der Waals surface area contributed by atoms with E-state index in [9.17, 15) is 39.3 Å². The lowest BCUT2D eigenvalue weighted by Gasteiger charge is -2.60. The number of epoxide rings is 1. The minimum atomic E-state index is -2.53. The molecular weight excluding hydrogens is 596 g/mol. The highest BCUT2D eigenvalue weighted by atomic mass is 35.5. The van der Waals surface area contributed by atoms with Gasteiger partial charge in [0.15, 0.2) is 11.7 Å². The molecule has 2 heterocycles. The predicted molar refractivity (Wildman–Crippen MR) is 142 cm³/mol. The normalized spacial score (nSPS) is 45.4. The molecule has 1 saturated carbocycles. The first kappa shape index (κ1) is 33.1. The number of halogens is 1. The monoisotopic (exact) mass is 632 g/mol. The molecule has 4 aliphatic rings. The molecule has 240 valence electrons. The van der Waals surface area contributed by atoms with Gasteiger partial charge in [0.1, 0.15) is 42.2 Å². The molecule has 12 atom stereocenters. The second kappa shape index (κ2) is 11.3. The SMILES string of the molecule is CC(=O)O[C@H]1C[C@@H](OC(C)=O)[C@@](C)(O)[C@@H]2[C@@H](OC(C)=O)[C@]3(O)[C@@H](C)C(=O)O[C@H]3/C(Cl)=C(/CO)[C@H]3O[C@H]3[C@H](OC(C)=O)[C@@]12C. The largest absolute Gasteiger partial charge is 0.462 e. The summed E-state index contributed by atoms with van der Waals surface area (Å²) in [4.78, 5) is 63.0. The van der Waals surface area contributed by atoms with Crippen LogP contribution in [0.3, 0.4) is 0 Å². The van der Waals surface area contributed by atoms with Crippen LogP contribution in [0.1, 0.15) is 54.9 Å².